The monoisotopic (exact) mass is 198 g/mol. The van der Waals surface area contributed by atoms with Crippen LogP contribution in [0, 0.1) is 11.8 Å². The number of rotatable bonds is 8. The number of hydrogen-bond donors (Lipinski definition) is 0. The summed E-state index contributed by atoms with van der Waals surface area (Å²) in [5.41, 5.74) is 0. The van der Waals surface area contributed by atoms with Crippen LogP contribution in [0.1, 0.15) is 47.0 Å². The predicted octanol–water partition coefficient (Wildman–Crippen LogP) is 4.04. The van der Waals surface area contributed by atoms with E-state index < -0.39 is 0 Å². The molecule has 0 saturated heterocycles. The molecule has 0 aromatic heterocycles. The highest BCUT2D eigenvalue weighted by Gasteiger charge is 1.92. The van der Waals surface area contributed by atoms with Gasteiger partial charge in [0.05, 0.1) is 6.61 Å². The summed E-state index contributed by atoms with van der Waals surface area (Å²) in [6, 6.07) is 0. The molecule has 0 aliphatic heterocycles. The van der Waals surface area contributed by atoms with Gasteiger partial charge in [0.15, 0.2) is 0 Å². The largest absolute Gasteiger partial charge is 0.377 e. The Balaban J connectivity index is 3.11. The number of ether oxygens (including phenoxy) is 1. The van der Waals surface area contributed by atoms with E-state index in [1.807, 2.05) is 0 Å². The highest BCUT2D eigenvalue weighted by Crippen LogP contribution is 2.03. The van der Waals surface area contributed by atoms with Crippen LogP contribution in [-0.2, 0) is 4.74 Å². The van der Waals surface area contributed by atoms with Gasteiger partial charge in [0, 0.05) is 6.61 Å². The normalized spacial score (nSPS) is 12.1. The van der Waals surface area contributed by atoms with Gasteiger partial charge >= 0.3 is 0 Å². The topological polar surface area (TPSA) is 9.23 Å². The molecule has 0 aliphatic carbocycles. The smallest absolute Gasteiger partial charge is 0.0647 e. The van der Waals surface area contributed by atoms with E-state index in [4.69, 9.17) is 4.74 Å². The van der Waals surface area contributed by atoms with Gasteiger partial charge in [-0.15, -0.1) is 0 Å². The molecule has 0 atom stereocenters. The van der Waals surface area contributed by atoms with E-state index in [2.05, 4.69) is 39.8 Å². The highest BCUT2D eigenvalue weighted by molar-refractivity contribution is 4.81. The van der Waals surface area contributed by atoms with Crippen molar-refractivity contribution in [3.05, 3.63) is 12.2 Å². The van der Waals surface area contributed by atoms with E-state index in [9.17, 15) is 0 Å². The standard InChI is InChI=1S/C13H26O/c1-12(2)8-6-5-7-10-14-11-9-13(3)4/h5,7,12-13H,6,8-11H2,1-4H3/b7-5+. The maximum Gasteiger partial charge on any atom is 0.0647 e. The van der Waals surface area contributed by atoms with Crippen LogP contribution in [0.25, 0.3) is 0 Å². The molecule has 0 fully saturated rings. The van der Waals surface area contributed by atoms with Gasteiger partial charge in [-0.1, -0.05) is 39.8 Å². The Kier molecular flexibility index (Phi) is 9.06. The molecule has 0 spiro atoms. The van der Waals surface area contributed by atoms with Crippen molar-refractivity contribution in [2.75, 3.05) is 13.2 Å². The van der Waals surface area contributed by atoms with Crippen LogP contribution in [0.2, 0.25) is 0 Å². The van der Waals surface area contributed by atoms with Gasteiger partial charge < -0.3 is 4.74 Å². The Labute approximate surface area is 89.5 Å². The Morgan fingerprint density at radius 2 is 1.57 bits per heavy atom. The third kappa shape index (κ3) is 11.7. The summed E-state index contributed by atoms with van der Waals surface area (Å²) in [5, 5.41) is 0. The van der Waals surface area contributed by atoms with Crippen molar-refractivity contribution in [2.45, 2.75) is 47.0 Å². The maximum atomic E-state index is 5.46. The minimum Gasteiger partial charge on any atom is -0.377 e. The zero-order valence-corrected chi connectivity index (χ0v) is 10.3. The molecule has 84 valence electrons. The van der Waals surface area contributed by atoms with E-state index in [0.29, 0.717) is 0 Å². The third-order valence-electron chi connectivity index (χ3n) is 2.13. The minimum atomic E-state index is 0.750. The first kappa shape index (κ1) is 13.7. The molecule has 0 rings (SSSR count). The molecular formula is C13H26O. The van der Waals surface area contributed by atoms with Crippen molar-refractivity contribution in [2.24, 2.45) is 11.8 Å². The molecule has 0 radical (unpaired) electrons. The molecular weight excluding hydrogens is 172 g/mol. The van der Waals surface area contributed by atoms with Crippen molar-refractivity contribution in [1.29, 1.82) is 0 Å². The summed E-state index contributed by atoms with van der Waals surface area (Å²) < 4.78 is 5.46. The zero-order chi connectivity index (χ0) is 10.8. The lowest BCUT2D eigenvalue weighted by molar-refractivity contribution is 0.149. The Bertz CT molecular complexity index is 136. The second-order valence-electron chi connectivity index (χ2n) is 4.70. The summed E-state index contributed by atoms with van der Waals surface area (Å²) in [7, 11) is 0. The van der Waals surface area contributed by atoms with Gasteiger partial charge in [-0.3, -0.25) is 0 Å². The zero-order valence-electron chi connectivity index (χ0n) is 10.3. The van der Waals surface area contributed by atoms with Crippen LogP contribution in [0.4, 0.5) is 0 Å². The van der Waals surface area contributed by atoms with E-state index in [-0.39, 0.29) is 0 Å². The van der Waals surface area contributed by atoms with Gasteiger partial charge in [-0.05, 0) is 31.1 Å². The number of hydrogen-bond acceptors (Lipinski definition) is 1. The Hall–Kier alpha value is -0.300. The molecule has 0 unspecified atom stereocenters. The molecule has 0 aromatic carbocycles. The van der Waals surface area contributed by atoms with Crippen molar-refractivity contribution >= 4 is 0 Å². The lowest BCUT2D eigenvalue weighted by atomic mass is 10.1. The van der Waals surface area contributed by atoms with Crippen LogP contribution < -0.4 is 0 Å². The van der Waals surface area contributed by atoms with Crippen LogP contribution in [-0.4, -0.2) is 13.2 Å². The fourth-order valence-corrected chi connectivity index (χ4v) is 1.09. The molecule has 0 amide bonds. The van der Waals surface area contributed by atoms with Crippen LogP contribution in [0.5, 0.6) is 0 Å². The highest BCUT2D eigenvalue weighted by atomic mass is 16.5. The first-order valence-electron chi connectivity index (χ1n) is 5.85. The molecule has 0 saturated carbocycles. The maximum absolute atomic E-state index is 5.46. The predicted molar refractivity (Wildman–Crippen MR) is 63.5 cm³/mol. The quantitative estimate of drug-likeness (QED) is 0.422. The Morgan fingerprint density at radius 1 is 0.929 bits per heavy atom. The van der Waals surface area contributed by atoms with E-state index in [0.717, 1.165) is 25.0 Å². The Morgan fingerprint density at radius 3 is 2.14 bits per heavy atom. The number of allylic oxidation sites excluding steroid dienone is 1. The average molecular weight is 198 g/mol. The van der Waals surface area contributed by atoms with Gasteiger partial charge in [0.1, 0.15) is 0 Å². The molecule has 0 bridgehead atoms. The molecule has 0 N–H and O–H groups in total. The van der Waals surface area contributed by atoms with E-state index in [1.54, 1.807) is 0 Å². The summed E-state index contributed by atoms with van der Waals surface area (Å²) in [6.07, 6.45) is 8.01. The van der Waals surface area contributed by atoms with Crippen molar-refractivity contribution in [1.82, 2.24) is 0 Å². The molecule has 0 heterocycles. The van der Waals surface area contributed by atoms with Crippen molar-refractivity contribution in [3.63, 3.8) is 0 Å². The van der Waals surface area contributed by atoms with Crippen LogP contribution >= 0.6 is 0 Å². The second-order valence-corrected chi connectivity index (χ2v) is 4.70. The fraction of sp³-hybridized carbons (Fsp3) is 0.846. The molecule has 1 nitrogen and oxygen atoms in total. The third-order valence-corrected chi connectivity index (χ3v) is 2.13. The van der Waals surface area contributed by atoms with Crippen LogP contribution in [0.3, 0.4) is 0 Å². The lowest BCUT2D eigenvalue weighted by Crippen LogP contribution is -1.98. The first-order valence-corrected chi connectivity index (χ1v) is 5.85. The summed E-state index contributed by atoms with van der Waals surface area (Å²) in [6.45, 7) is 10.6. The molecule has 1 heteroatoms. The van der Waals surface area contributed by atoms with Gasteiger partial charge in [0.2, 0.25) is 0 Å². The minimum absolute atomic E-state index is 0.750. The van der Waals surface area contributed by atoms with Gasteiger partial charge in [0.25, 0.3) is 0 Å². The summed E-state index contributed by atoms with van der Waals surface area (Å²) >= 11 is 0. The second kappa shape index (κ2) is 9.26. The summed E-state index contributed by atoms with van der Waals surface area (Å²) in [4.78, 5) is 0. The first-order chi connectivity index (χ1) is 6.63. The summed E-state index contributed by atoms with van der Waals surface area (Å²) in [5.74, 6) is 1.56. The van der Waals surface area contributed by atoms with Crippen LogP contribution in [0.15, 0.2) is 12.2 Å². The van der Waals surface area contributed by atoms with Gasteiger partial charge in [-0.25, -0.2) is 0 Å². The molecule has 14 heavy (non-hydrogen) atoms. The fourth-order valence-electron chi connectivity index (χ4n) is 1.09. The van der Waals surface area contributed by atoms with E-state index in [1.165, 1.54) is 19.3 Å². The molecule has 0 aliphatic rings. The average Bonchev–Trinajstić information content (AvgIpc) is 2.08. The van der Waals surface area contributed by atoms with E-state index >= 15 is 0 Å². The SMILES string of the molecule is CC(C)CC/C=C/COCCC(C)C. The van der Waals surface area contributed by atoms with Crippen molar-refractivity contribution in [3.8, 4) is 0 Å². The van der Waals surface area contributed by atoms with Gasteiger partial charge in [-0.2, -0.15) is 0 Å². The lowest BCUT2D eigenvalue weighted by Gasteiger charge is -2.03. The molecule has 0 aromatic rings. The van der Waals surface area contributed by atoms with Crippen molar-refractivity contribution < 1.29 is 4.74 Å².